The summed E-state index contributed by atoms with van der Waals surface area (Å²) in [4.78, 5) is 23.3. The second kappa shape index (κ2) is 13.1. The van der Waals surface area contributed by atoms with Crippen LogP contribution in [0.15, 0.2) is 60.2 Å². The zero-order valence-electron chi connectivity index (χ0n) is 20.3. The quantitative estimate of drug-likeness (QED) is 0.415. The lowest BCUT2D eigenvalue weighted by molar-refractivity contribution is -0.117. The highest BCUT2D eigenvalue weighted by Crippen LogP contribution is 2.21. The Morgan fingerprint density at radius 3 is 2.12 bits per heavy atom. The van der Waals surface area contributed by atoms with Crippen LogP contribution in [0.4, 0.5) is 5.82 Å². The number of amides is 1. The Morgan fingerprint density at radius 1 is 0.906 bits per heavy atom. The number of aromatic nitrogens is 2. The van der Waals surface area contributed by atoms with E-state index in [1.165, 1.54) is 10.4 Å². The van der Waals surface area contributed by atoms with Crippen molar-refractivity contribution in [1.29, 1.82) is 0 Å². The Labute approximate surface area is 197 Å². The lowest BCUT2D eigenvalue weighted by Gasteiger charge is -2.16. The van der Waals surface area contributed by atoms with Crippen molar-refractivity contribution in [2.24, 2.45) is 0 Å². The van der Waals surface area contributed by atoms with E-state index in [0.717, 1.165) is 24.5 Å². The molecule has 0 spiro atoms. The number of carbonyl (C=O) groups excluding carboxylic acids is 1. The number of pyridine rings is 2. The zero-order chi connectivity index (χ0) is 23.5. The van der Waals surface area contributed by atoms with Gasteiger partial charge in [0.1, 0.15) is 5.82 Å². The summed E-state index contributed by atoms with van der Waals surface area (Å²) in [5.41, 5.74) is 2.35. The molecule has 4 heterocycles. The van der Waals surface area contributed by atoms with Crippen LogP contribution in [0, 0.1) is 0 Å². The summed E-state index contributed by atoms with van der Waals surface area (Å²) in [6.07, 6.45) is 5.32. The fourth-order valence-electron chi connectivity index (χ4n) is 3.14. The molecule has 32 heavy (non-hydrogen) atoms. The minimum atomic E-state index is 0.198. The van der Waals surface area contributed by atoms with E-state index < -0.39 is 0 Å². The van der Waals surface area contributed by atoms with Gasteiger partial charge in [-0.05, 0) is 59.4 Å². The molecule has 172 valence electrons. The topological polar surface area (TPSA) is 46.1 Å². The third kappa shape index (κ3) is 8.19. The van der Waals surface area contributed by atoms with Gasteiger partial charge in [-0.2, -0.15) is 0 Å². The molecule has 0 aliphatic carbocycles. The number of thiophene rings is 1. The number of hydrogen-bond donors (Lipinski definition) is 0. The van der Waals surface area contributed by atoms with E-state index in [1.54, 1.807) is 11.1 Å². The van der Waals surface area contributed by atoms with Gasteiger partial charge in [0.2, 0.25) is 5.91 Å². The van der Waals surface area contributed by atoms with Crippen molar-refractivity contribution in [2.75, 3.05) is 11.4 Å². The lowest BCUT2D eigenvalue weighted by atomic mass is 10.1. The molecular weight excluding hydrogens is 414 g/mol. The summed E-state index contributed by atoms with van der Waals surface area (Å²) >= 11 is 1.83. The van der Waals surface area contributed by atoms with Crippen LogP contribution in [0.3, 0.4) is 0 Å². The molecule has 0 saturated carbocycles. The van der Waals surface area contributed by atoms with Crippen molar-refractivity contribution in [1.82, 2.24) is 9.97 Å². The third-order valence-corrected chi connectivity index (χ3v) is 6.33. The first-order chi connectivity index (χ1) is 15.3. The second-order valence-electron chi connectivity index (χ2n) is 8.84. The molecule has 0 aromatic carbocycles. The Morgan fingerprint density at radius 2 is 1.69 bits per heavy atom. The van der Waals surface area contributed by atoms with E-state index in [1.807, 2.05) is 41.8 Å². The number of nitrogens with zero attached hydrogens (tertiary/aromatic N) is 3. The first-order valence-electron chi connectivity index (χ1n) is 11.5. The van der Waals surface area contributed by atoms with E-state index in [-0.39, 0.29) is 5.91 Å². The molecule has 4 rings (SSSR count). The van der Waals surface area contributed by atoms with Crippen molar-refractivity contribution in [3.8, 4) is 0 Å². The van der Waals surface area contributed by atoms with Crippen LogP contribution >= 0.6 is 11.3 Å². The molecule has 0 unspecified atom stereocenters. The van der Waals surface area contributed by atoms with Gasteiger partial charge in [-0.1, -0.05) is 59.7 Å². The maximum atomic E-state index is 11.5. The number of hydrogen-bond acceptors (Lipinski definition) is 4. The van der Waals surface area contributed by atoms with E-state index in [2.05, 4.69) is 75.1 Å². The van der Waals surface area contributed by atoms with Gasteiger partial charge >= 0.3 is 0 Å². The largest absolute Gasteiger partial charge is 0.297 e. The van der Waals surface area contributed by atoms with Crippen LogP contribution < -0.4 is 4.90 Å². The van der Waals surface area contributed by atoms with E-state index in [9.17, 15) is 4.79 Å². The predicted octanol–water partition coefficient (Wildman–Crippen LogP) is 7.41. The first kappa shape index (κ1) is 25.7. The molecule has 3 aromatic heterocycles. The highest BCUT2D eigenvalue weighted by Gasteiger charge is 2.22. The molecule has 1 aliphatic rings. The average Bonchev–Trinajstić information content (AvgIpc) is 3.47. The molecule has 0 bridgehead atoms. The molecule has 4 nitrogen and oxygen atoms in total. The van der Waals surface area contributed by atoms with Gasteiger partial charge in [0.15, 0.2) is 0 Å². The van der Waals surface area contributed by atoms with Crippen LogP contribution in [0.5, 0.6) is 0 Å². The minimum Gasteiger partial charge on any atom is -0.297 e. The Kier molecular flexibility index (Phi) is 10.5. The van der Waals surface area contributed by atoms with Gasteiger partial charge < -0.3 is 0 Å². The predicted molar refractivity (Wildman–Crippen MR) is 137 cm³/mol. The van der Waals surface area contributed by atoms with E-state index in [4.69, 9.17) is 0 Å². The van der Waals surface area contributed by atoms with Crippen LogP contribution in [0.2, 0.25) is 0 Å². The van der Waals surface area contributed by atoms with Gasteiger partial charge in [-0.25, -0.2) is 4.98 Å². The number of rotatable bonds is 4. The van der Waals surface area contributed by atoms with Crippen LogP contribution in [0.1, 0.15) is 88.3 Å². The molecule has 5 heteroatoms. The van der Waals surface area contributed by atoms with Crippen molar-refractivity contribution >= 4 is 23.1 Å². The lowest BCUT2D eigenvalue weighted by Crippen LogP contribution is -2.24. The van der Waals surface area contributed by atoms with Gasteiger partial charge in [0.05, 0.1) is 0 Å². The molecule has 0 atom stereocenters. The molecule has 3 aromatic rings. The first-order valence-corrected chi connectivity index (χ1v) is 12.4. The number of anilines is 1. The minimum absolute atomic E-state index is 0.198. The molecule has 1 fully saturated rings. The summed E-state index contributed by atoms with van der Waals surface area (Å²) in [5, 5.41) is 2.12. The maximum absolute atomic E-state index is 11.5. The van der Waals surface area contributed by atoms with Gasteiger partial charge in [-0.3, -0.25) is 14.7 Å². The van der Waals surface area contributed by atoms with E-state index >= 15 is 0 Å². The molecule has 0 radical (unpaired) electrons. The highest BCUT2D eigenvalue weighted by molar-refractivity contribution is 7.10. The zero-order valence-corrected chi connectivity index (χ0v) is 21.1. The van der Waals surface area contributed by atoms with Crippen molar-refractivity contribution in [3.63, 3.8) is 0 Å². The Hall–Kier alpha value is -2.53. The molecule has 1 amide bonds. The molecule has 0 N–H and O–H groups in total. The second-order valence-corrected chi connectivity index (χ2v) is 9.81. The SMILES string of the molecule is CC(C)c1cccc(N2CCCC2=O)n1.CC(C)c1cccnc1.CC(C)c1cccs1. The fraction of sp³-hybridized carbons (Fsp3) is 0.444. The van der Waals surface area contributed by atoms with Gasteiger partial charge in [0.25, 0.3) is 0 Å². The van der Waals surface area contributed by atoms with Crippen LogP contribution in [-0.4, -0.2) is 22.4 Å². The Balaban J connectivity index is 0.000000183. The molecule has 1 aliphatic heterocycles. The summed E-state index contributed by atoms with van der Waals surface area (Å²) in [5.74, 6) is 2.71. The highest BCUT2D eigenvalue weighted by atomic mass is 32.1. The molecular formula is C27H37N3OS. The molecule has 1 saturated heterocycles. The van der Waals surface area contributed by atoms with E-state index in [0.29, 0.717) is 24.2 Å². The summed E-state index contributed by atoms with van der Waals surface area (Å²) in [6.45, 7) is 13.8. The van der Waals surface area contributed by atoms with Crippen LogP contribution in [-0.2, 0) is 4.79 Å². The summed E-state index contributed by atoms with van der Waals surface area (Å²) < 4.78 is 0. The maximum Gasteiger partial charge on any atom is 0.228 e. The normalized spacial score (nSPS) is 13.2. The Bertz CT molecular complexity index is 921. The van der Waals surface area contributed by atoms with Crippen LogP contribution in [0.25, 0.3) is 0 Å². The van der Waals surface area contributed by atoms with Crippen molar-refractivity contribution in [2.45, 2.75) is 72.1 Å². The van der Waals surface area contributed by atoms with Crippen molar-refractivity contribution < 1.29 is 4.79 Å². The summed E-state index contributed by atoms with van der Waals surface area (Å²) in [6, 6.07) is 14.2. The standard InChI is InChI=1S/C12H16N2O.C8H11N.C7H10S/c1-9(2)10-5-3-6-11(13-10)14-8-4-7-12(14)15;1-7(2)8-4-3-5-9-6-8;1-6(2)7-4-3-5-8-7/h3,5-6,9H,4,7-8H2,1-2H3;3-7H,1-2H3;3-6H,1-2H3. The average molecular weight is 452 g/mol. The van der Waals surface area contributed by atoms with Gasteiger partial charge in [-0.15, -0.1) is 11.3 Å². The monoisotopic (exact) mass is 451 g/mol. The smallest absolute Gasteiger partial charge is 0.228 e. The third-order valence-electron chi connectivity index (χ3n) is 5.16. The van der Waals surface area contributed by atoms with Gasteiger partial charge in [0, 0.05) is 35.9 Å². The summed E-state index contributed by atoms with van der Waals surface area (Å²) in [7, 11) is 0. The number of carbonyl (C=O) groups is 1. The fourth-order valence-corrected chi connectivity index (χ4v) is 3.88. The van der Waals surface area contributed by atoms with Crippen molar-refractivity contribution in [3.05, 3.63) is 76.4 Å².